The summed E-state index contributed by atoms with van der Waals surface area (Å²) in [5, 5.41) is 2.67. The largest absolute Gasteiger partial charge is 0.497 e. The molecule has 0 aromatic heterocycles. The molecule has 2 rings (SSSR count). The van der Waals surface area contributed by atoms with Gasteiger partial charge in [-0.1, -0.05) is 19.9 Å². The lowest BCUT2D eigenvalue weighted by atomic mass is 10.0. The number of carbonyl (C=O) groups is 1. The van der Waals surface area contributed by atoms with Gasteiger partial charge in [0.25, 0.3) is 10.0 Å². The van der Waals surface area contributed by atoms with Crippen LogP contribution in [0.25, 0.3) is 0 Å². The second kappa shape index (κ2) is 8.41. The average Bonchev–Trinajstić information content (AvgIpc) is 2.62. The fraction of sp³-hybridized carbons (Fsp3) is 0.316. The van der Waals surface area contributed by atoms with Gasteiger partial charge in [0.05, 0.1) is 18.0 Å². The Balaban J connectivity index is 2.26. The molecule has 7 nitrogen and oxygen atoms in total. The average molecular weight is 391 g/mol. The van der Waals surface area contributed by atoms with E-state index >= 15 is 0 Å². The monoisotopic (exact) mass is 391 g/mol. The third-order valence-corrected chi connectivity index (χ3v) is 5.63. The number of anilines is 2. The van der Waals surface area contributed by atoms with Gasteiger partial charge >= 0.3 is 0 Å². The van der Waals surface area contributed by atoms with Crippen LogP contribution < -0.4 is 20.5 Å². The Morgan fingerprint density at radius 3 is 2.22 bits per heavy atom. The van der Waals surface area contributed by atoms with Gasteiger partial charge in [-0.2, -0.15) is 0 Å². The molecule has 2 aromatic carbocycles. The molecule has 0 bridgehead atoms. The second-order valence-electron chi connectivity index (χ2n) is 6.57. The van der Waals surface area contributed by atoms with Crippen LogP contribution in [0.15, 0.2) is 47.4 Å². The lowest BCUT2D eigenvalue weighted by Gasteiger charge is -2.17. The van der Waals surface area contributed by atoms with E-state index in [2.05, 4.69) is 10.0 Å². The van der Waals surface area contributed by atoms with Gasteiger partial charge in [0, 0.05) is 11.4 Å². The molecule has 0 heterocycles. The van der Waals surface area contributed by atoms with E-state index in [9.17, 15) is 13.2 Å². The normalized spacial score (nSPS) is 12.5. The minimum absolute atomic E-state index is 0.0320. The van der Waals surface area contributed by atoms with Gasteiger partial charge in [0.1, 0.15) is 5.75 Å². The fourth-order valence-electron chi connectivity index (χ4n) is 2.36. The van der Waals surface area contributed by atoms with Crippen LogP contribution in [0.4, 0.5) is 11.4 Å². The third kappa shape index (κ3) is 5.21. The predicted octanol–water partition coefficient (Wildman–Crippen LogP) is 2.73. The van der Waals surface area contributed by atoms with Gasteiger partial charge in [0.2, 0.25) is 5.91 Å². The molecule has 0 aliphatic rings. The van der Waals surface area contributed by atoms with Gasteiger partial charge in [-0.15, -0.1) is 0 Å². The SMILES string of the molecule is COc1ccc(NS(=O)(=O)c2cc(NC(=O)[C@@H](N)C(C)C)ccc2C)cc1. The molecule has 0 saturated heterocycles. The van der Waals surface area contributed by atoms with Crippen LogP contribution in [0.1, 0.15) is 19.4 Å². The number of hydrogen-bond donors (Lipinski definition) is 3. The summed E-state index contributed by atoms with van der Waals surface area (Å²) in [6.07, 6.45) is 0. The summed E-state index contributed by atoms with van der Waals surface area (Å²) in [5.74, 6) is 0.232. The van der Waals surface area contributed by atoms with E-state index in [-0.39, 0.29) is 16.7 Å². The highest BCUT2D eigenvalue weighted by atomic mass is 32.2. The number of methoxy groups -OCH3 is 1. The lowest BCUT2D eigenvalue weighted by molar-refractivity contribution is -0.118. The fourth-order valence-corrected chi connectivity index (χ4v) is 3.70. The number of nitrogens with two attached hydrogens (primary N) is 1. The minimum Gasteiger partial charge on any atom is -0.497 e. The Morgan fingerprint density at radius 1 is 1.07 bits per heavy atom. The predicted molar refractivity (Wildman–Crippen MR) is 106 cm³/mol. The Kier molecular flexibility index (Phi) is 6.45. The van der Waals surface area contributed by atoms with Gasteiger partial charge < -0.3 is 15.8 Å². The first-order chi connectivity index (χ1) is 12.6. The van der Waals surface area contributed by atoms with E-state index < -0.39 is 16.1 Å². The maximum Gasteiger partial charge on any atom is 0.262 e. The maximum absolute atomic E-state index is 12.8. The third-order valence-electron chi connectivity index (χ3n) is 4.11. The zero-order chi connectivity index (χ0) is 20.2. The standard InChI is InChI=1S/C19H25N3O4S/c1-12(2)18(20)19(23)21-15-6-5-13(3)17(11-15)27(24,25)22-14-7-9-16(26-4)10-8-14/h5-12,18,22H,20H2,1-4H3,(H,21,23)/t18-/m0/s1. The summed E-state index contributed by atoms with van der Waals surface area (Å²) in [7, 11) is -2.30. The highest BCUT2D eigenvalue weighted by Crippen LogP contribution is 2.24. The highest BCUT2D eigenvalue weighted by molar-refractivity contribution is 7.92. The van der Waals surface area contributed by atoms with E-state index in [1.54, 1.807) is 43.3 Å². The van der Waals surface area contributed by atoms with E-state index in [0.717, 1.165) is 0 Å². The van der Waals surface area contributed by atoms with E-state index in [4.69, 9.17) is 10.5 Å². The van der Waals surface area contributed by atoms with Crippen molar-refractivity contribution in [3.05, 3.63) is 48.0 Å². The number of sulfonamides is 1. The topological polar surface area (TPSA) is 111 Å². The first-order valence-electron chi connectivity index (χ1n) is 8.48. The first-order valence-corrected chi connectivity index (χ1v) is 9.96. The Morgan fingerprint density at radius 2 is 1.67 bits per heavy atom. The van der Waals surface area contributed by atoms with Crippen molar-refractivity contribution in [2.75, 3.05) is 17.1 Å². The molecule has 0 saturated carbocycles. The maximum atomic E-state index is 12.8. The Hall–Kier alpha value is -2.58. The van der Waals surface area contributed by atoms with Crippen LogP contribution in [0.3, 0.4) is 0 Å². The van der Waals surface area contributed by atoms with Gasteiger partial charge in [-0.3, -0.25) is 9.52 Å². The van der Waals surface area contributed by atoms with Crippen molar-refractivity contribution in [3.63, 3.8) is 0 Å². The summed E-state index contributed by atoms with van der Waals surface area (Å²) in [6, 6.07) is 10.6. The molecule has 146 valence electrons. The van der Waals surface area contributed by atoms with E-state index in [1.165, 1.54) is 13.2 Å². The van der Waals surface area contributed by atoms with Crippen molar-refractivity contribution in [2.24, 2.45) is 11.7 Å². The van der Waals surface area contributed by atoms with Crippen molar-refractivity contribution >= 4 is 27.3 Å². The summed E-state index contributed by atoms with van der Waals surface area (Å²) in [4.78, 5) is 12.2. The lowest BCUT2D eigenvalue weighted by Crippen LogP contribution is -2.39. The van der Waals surface area contributed by atoms with Crippen LogP contribution in [-0.2, 0) is 14.8 Å². The van der Waals surface area contributed by atoms with Gasteiger partial charge in [0.15, 0.2) is 0 Å². The molecular formula is C19H25N3O4S. The number of rotatable bonds is 7. The Labute approximate surface area is 160 Å². The van der Waals surface area contributed by atoms with Gasteiger partial charge in [-0.25, -0.2) is 8.42 Å². The minimum atomic E-state index is -3.83. The van der Waals surface area contributed by atoms with Crippen molar-refractivity contribution in [2.45, 2.75) is 31.7 Å². The molecule has 2 aromatic rings. The molecule has 0 unspecified atom stereocenters. The first kappa shape index (κ1) is 20.7. The second-order valence-corrected chi connectivity index (χ2v) is 8.22. The zero-order valence-corrected chi connectivity index (χ0v) is 16.6. The van der Waals surface area contributed by atoms with E-state index in [1.807, 2.05) is 13.8 Å². The molecule has 1 atom stereocenters. The number of ether oxygens (including phenoxy) is 1. The molecule has 4 N–H and O–H groups in total. The van der Waals surface area contributed by atoms with E-state index in [0.29, 0.717) is 22.7 Å². The zero-order valence-electron chi connectivity index (χ0n) is 15.8. The van der Waals surface area contributed by atoms with Crippen LogP contribution in [0.2, 0.25) is 0 Å². The molecule has 0 radical (unpaired) electrons. The Bertz CT molecular complexity index is 909. The van der Waals surface area contributed by atoms with Crippen LogP contribution in [-0.4, -0.2) is 27.5 Å². The summed E-state index contributed by atoms with van der Waals surface area (Å²) in [5.41, 5.74) is 7.17. The molecule has 8 heteroatoms. The number of carbonyl (C=O) groups excluding carboxylic acids is 1. The molecule has 1 amide bonds. The summed E-state index contributed by atoms with van der Waals surface area (Å²) < 4.78 is 33.1. The molecule has 0 aliphatic carbocycles. The molecule has 27 heavy (non-hydrogen) atoms. The number of aryl methyl sites for hydroxylation is 1. The molecule has 0 aliphatic heterocycles. The molecular weight excluding hydrogens is 366 g/mol. The van der Waals surface area contributed by atoms with Crippen molar-refractivity contribution in [1.82, 2.24) is 0 Å². The van der Waals surface area contributed by atoms with Crippen LogP contribution in [0, 0.1) is 12.8 Å². The highest BCUT2D eigenvalue weighted by Gasteiger charge is 2.20. The number of nitrogens with one attached hydrogen (secondary N) is 2. The van der Waals surface area contributed by atoms with Gasteiger partial charge in [-0.05, 0) is 54.8 Å². The van der Waals surface area contributed by atoms with Crippen molar-refractivity contribution in [3.8, 4) is 5.75 Å². The number of hydrogen-bond acceptors (Lipinski definition) is 5. The molecule has 0 spiro atoms. The van der Waals surface area contributed by atoms with Crippen molar-refractivity contribution < 1.29 is 17.9 Å². The smallest absolute Gasteiger partial charge is 0.262 e. The van der Waals surface area contributed by atoms with Crippen LogP contribution in [0.5, 0.6) is 5.75 Å². The number of benzene rings is 2. The molecule has 0 fully saturated rings. The quantitative estimate of drug-likeness (QED) is 0.672. The van der Waals surface area contributed by atoms with Crippen LogP contribution >= 0.6 is 0 Å². The number of amides is 1. The van der Waals surface area contributed by atoms with Crippen molar-refractivity contribution in [1.29, 1.82) is 0 Å². The summed E-state index contributed by atoms with van der Waals surface area (Å²) >= 11 is 0. The summed E-state index contributed by atoms with van der Waals surface area (Å²) in [6.45, 7) is 5.37.